The molecule has 0 bridgehead atoms. The number of ether oxygens (including phenoxy) is 1. The molecule has 0 aliphatic heterocycles. The summed E-state index contributed by atoms with van der Waals surface area (Å²) in [7, 11) is 0. The summed E-state index contributed by atoms with van der Waals surface area (Å²) in [6.07, 6.45) is -6.66. The van der Waals surface area contributed by atoms with Crippen molar-refractivity contribution in [3.05, 3.63) is 95.6 Å². The van der Waals surface area contributed by atoms with Crippen molar-refractivity contribution in [1.29, 1.82) is 0 Å². The molecule has 4 rings (SSSR count). The Kier molecular flexibility index (Phi) is 8.53. The quantitative estimate of drug-likeness (QED) is 0.362. The lowest BCUT2D eigenvalue weighted by Crippen LogP contribution is -2.51. The van der Waals surface area contributed by atoms with Gasteiger partial charge in [-0.3, -0.25) is 9.59 Å². The van der Waals surface area contributed by atoms with Gasteiger partial charge >= 0.3 is 18.2 Å². The van der Waals surface area contributed by atoms with Crippen LogP contribution in [0.2, 0.25) is 0 Å². The maximum Gasteiger partial charge on any atom is 0.407 e. The molecule has 1 aliphatic rings. The van der Waals surface area contributed by atoms with Gasteiger partial charge in [0.1, 0.15) is 19.2 Å². The Morgan fingerprint density at radius 3 is 2.03 bits per heavy atom. The van der Waals surface area contributed by atoms with Crippen molar-refractivity contribution in [3.8, 4) is 11.1 Å². The van der Waals surface area contributed by atoms with Crippen LogP contribution >= 0.6 is 0 Å². The molecule has 0 saturated carbocycles. The van der Waals surface area contributed by atoms with Gasteiger partial charge in [-0.25, -0.2) is 4.79 Å². The molecule has 0 heterocycles. The van der Waals surface area contributed by atoms with Crippen molar-refractivity contribution in [3.63, 3.8) is 0 Å². The lowest BCUT2D eigenvalue weighted by atomic mass is 9.98. The highest BCUT2D eigenvalue weighted by Crippen LogP contribution is 2.44. The molecule has 1 atom stereocenters. The van der Waals surface area contributed by atoms with Crippen LogP contribution in [-0.4, -0.2) is 53.3 Å². The average molecular weight is 541 g/mol. The van der Waals surface area contributed by atoms with Crippen molar-refractivity contribution in [2.45, 2.75) is 37.5 Å². The lowest BCUT2D eigenvalue weighted by molar-refractivity contribution is -0.163. The molecule has 3 aromatic rings. The summed E-state index contributed by atoms with van der Waals surface area (Å²) in [6, 6.07) is 21.9. The number of carbonyl (C=O) groups excluding carboxylic acids is 2. The molecule has 0 aromatic heterocycles. The monoisotopic (exact) mass is 540 g/mol. The van der Waals surface area contributed by atoms with Crippen LogP contribution in [0.1, 0.15) is 35.4 Å². The maximum atomic E-state index is 13.3. The number of carboxylic acids is 1. The van der Waals surface area contributed by atoms with E-state index >= 15 is 0 Å². The third kappa shape index (κ3) is 7.16. The summed E-state index contributed by atoms with van der Waals surface area (Å²) < 4.78 is 45.5. The predicted octanol–water partition coefficient (Wildman–Crippen LogP) is 5.35. The second-order valence-electron chi connectivity index (χ2n) is 9.25. The van der Waals surface area contributed by atoms with Gasteiger partial charge in [0.25, 0.3) is 0 Å². The van der Waals surface area contributed by atoms with Crippen LogP contribution in [0.4, 0.5) is 18.0 Å². The Hall–Kier alpha value is -4.34. The zero-order valence-electron chi connectivity index (χ0n) is 20.9. The normalized spacial score (nSPS) is 13.2. The van der Waals surface area contributed by atoms with Gasteiger partial charge in [0.15, 0.2) is 0 Å². The number of rotatable bonds is 10. The number of nitrogens with zero attached hydrogens (tertiary/aromatic N) is 1. The first-order chi connectivity index (χ1) is 18.6. The average Bonchev–Trinajstić information content (AvgIpc) is 3.22. The van der Waals surface area contributed by atoms with Gasteiger partial charge in [0.05, 0.1) is 0 Å². The highest BCUT2D eigenvalue weighted by molar-refractivity contribution is 5.86. The molecule has 2 N–H and O–H groups in total. The largest absolute Gasteiger partial charge is 0.481 e. The van der Waals surface area contributed by atoms with E-state index in [0.717, 1.165) is 22.3 Å². The van der Waals surface area contributed by atoms with Gasteiger partial charge < -0.3 is 20.1 Å². The fraction of sp³-hybridized carbons (Fsp3) is 0.276. The Morgan fingerprint density at radius 2 is 1.46 bits per heavy atom. The highest BCUT2D eigenvalue weighted by atomic mass is 19.4. The molecule has 1 aliphatic carbocycles. The number of alkyl carbamates (subject to hydrolysis) is 1. The Balaban J connectivity index is 1.48. The van der Waals surface area contributed by atoms with Crippen molar-refractivity contribution in [2.75, 3.05) is 13.2 Å². The Morgan fingerprint density at radius 1 is 0.897 bits per heavy atom. The molecule has 10 heteroatoms. The van der Waals surface area contributed by atoms with Crippen molar-refractivity contribution in [2.24, 2.45) is 0 Å². The molecule has 204 valence electrons. The number of halogens is 3. The fourth-order valence-corrected chi connectivity index (χ4v) is 4.76. The number of fused-ring (bicyclic) bond motifs is 3. The number of aliphatic carboxylic acids is 1. The molecule has 0 radical (unpaired) electrons. The number of hydrogen-bond acceptors (Lipinski definition) is 4. The molecule has 2 amide bonds. The minimum Gasteiger partial charge on any atom is -0.481 e. The zero-order chi connectivity index (χ0) is 28.0. The zero-order valence-corrected chi connectivity index (χ0v) is 20.9. The van der Waals surface area contributed by atoms with Crippen LogP contribution in [0.15, 0.2) is 78.9 Å². The van der Waals surface area contributed by atoms with E-state index in [0.29, 0.717) is 10.5 Å². The standard InChI is InChI=1S/C29H27F3N2O5/c30-29(31,32)18-34(16-19-8-2-1-3-9-19)27(37)25(14-15-26(35)36)33-28(38)39-17-24-22-12-6-4-10-20(22)21-11-5-7-13-23(21)24/h1-13,24-25H,14-18H2,(H,33,38)(H,35,36). The van der Waals surface area contributed by atoms with E-state index in [1.807, 2.05) is 48.5 Å². The van der Waals surface area contributed by atoms with Crippen LogP contribution in [0.25, 0.3) is 11.1 Å². The molecule has 0 spiro atoms. The number of alkyl halides is 3. The van der Waals surface area contributed by atoms with Crippen LogP contribution in [-0.2, 0) is 20.9 Å². The predicted molar refractivity (Wildman–Crippen MR) is 137 cm³/mol. The summed E-state index contributed by atoms with van der Waals surface area (Å²) in [5, 5.41) is 11.4. The topological polar surface area (TPSA) is 95.9 Å². The van der Waals surface area contributed by atoms with Gasteiger partial charge in [0.2, 0.25) is 5.91 Å². The Labute approximate surface area is 223 Å². The van der Waals surface area contributed by atoms with Gasteiger partial charge in [-0.2, -0.15) is 13.2 Å². The van der Waals surface area contributed by atoms with Gasteiger partial charge in [-0.05, 0) is 34.2 Å². The summed E-state index contributed by atoms with van der Waals surface area (Å²) in [4.78, 5) is 37.7. The van der Waals surface area contributed by atoms with E-state index in [1.54, 1.807) is 30.3 Å². The fourth-order valence-electron chi connectivity index (χ4n) is 4.76. The van der Waals surface area contributed by atoms with Gasteiger partial charge in [0, 0.05) is 18.9 Å². The van der Waals surface area contributed by atoms with Gasteiger partial charge in [-0.1, -0.05) is 78.9 Å². The second-order valence-corrected chi connectivity index (χ2v) is 9.25. The van der Waals surface area contributed by atoms with Gasteiger partial charge in [-0.15, -0.1) is 0 Å². The summed E-state index contributed by atoms with van der Waals surface area (Å²) in [6.45, 7) is -2.00. The van der Waals surface area contributed by atoms with E-state index in [4.69, 9.17) is 9.84 Å². The minimum absolute atomic E-state index is 0.0734. The number of amides is 2. The van der Waals surface area contributed by atoms with Crippen LogP contribution in [0.5, 0.6) is 0 Å². The third-order valence-corrected chi connectivity index (χ3v) is 6.48. The number of carboxylic acid groups (broad SMARTS) is 1. The second kappa shape index (κ2) is 12.0. The number of benzene rings is 3. The number of nitrogens with one attached hydrogen (secondary N) is 1. The van der Waals surface area contributed by atoms with Crippen LogP contribution in [0, 0.1) is 0 Å². The Bertz CT molecular complexity index is 1280. The first-order valence-electron chi connectivity index (χ1n) is 12.3. The molecule has 3 aromatic carbocycles. The van der Waals surface area contributed by atoms with E-state index in [9.17, 15) is 27.6 Å². The molecular formula is C29H27F3N2O5. The first-order valence-corrected chi connectivity index (χ1v) is 12.3. The molecule has 0 saturated heterocycles. The van der Waals surface area contributed by atoms with Crippen molar-refractivity contribution < 1.29 is 37.4 Å². The smallest absolute Gasteiger partial charge is 0.407 e. The molecule has 1 unspecified atom stereocenters. The number of hydrogen-bond donors (Lipinski definition) is 2. The summed E-state index contributed by atoms with van der Waals surface area (Å²) in [5.74, 6) is -2.57. The van der Waals surface area contributed by atoms with Crippen molar-refractivity contribution >= 4 is 18.0 Å². The molecule has 0 fully saturated rings. The van der Waals surface area contributed by atoms with E-state index in [1.165, 1.54) is 0 Å². The van der Waals surface area contributed by atoms with Crippen LogP contribution < -0.4 is 5.32 Å². The van der Waals surface area contributed by atoms with Crippen LogP contribution in [0.3, 0.4) is 0 Å². The summed E-state index contributed by atoms with van der Waals surface area (Å²) >= 11 is 0. The molecule has 7 nitrogen and oxygen atoms in total. The lowest BCUT2D eigenvalue weighted by Gasteiger charge is -2.28. The minimum atomic E-state index is -4.70. The summed E-state index contributed by atoms with van der Waals surface area (Å²) in [5.41, 5.74) is 4.40. The third-order valence-electron chi connectivity index (χ3n) is 6.48. The van der Waals surface area contributed by atoms with E-state index in [2.05, 4.69) is 5.32 Å². The van der Waals surface area contributed by atoms with Crippen molar-refractivity contribution in [1.82, 2.24) is 10.2 Å². The molecule has 39 heavy (non-hydrogen) atoms. The highest BCUT2D eigenvalue weighted by Gasteiger charge is 2.36. The molecular weight excluding hydrogens is 513 g/mol. The first kappa shape index (κ1) is 27.7. The maximum absolute atomic E-state index is 13.3. The number of carbonyl (C=O) groups is 3. The van der Waals surface area contributed by atoms with E-state index in [-0.39, 0.29) is 19.1 Å². The SMILES string of the molecule is O=C(O)CCC(NC(=O)OCC1c2ccccc2-c2ccccc21)C(=O)N(Cc1ccccc1)CC(F)(F)F. The van der Waals surface area contributed by atoms with E-state index < -0.39 is 49.6 Å².